The molecule has 0 aliphatic carbocycles. The molecule has 0 saturated carbocycles. The minimum absolute atomic E-state index is 0.0451. The molecule has 0 radical (unpaired) electrons. The summed E-state index contributed by atoms with van der Waals surface area (Å²) in [5, 5.41) is 13.7. The quantitative estimate of drug-likeness (QED) is 0.152. The molecular weight excluding hydrogens is 505 g/mol. The maximum Gasteiger partial charge on any atom is 0.416 e. The van der Waals surface area contributed by atoms with Gasteiger partial charge in [-0.3, -0.25) is 10.1 Å². The Morgan fingerprint density at radius 1 is 1.27 bits per heavy atom. The predicted octanol–water partition coefficient (Wildman–Crippen LogP) is 6.02. The van der Waals surface area contributed by atoms with Crippen molar-refractivity contribution in [2.45, 2.75) is 30.8 Å². The van der Waals surface area contributed by atoms with Crippen LogP contribution >= 0.6 is 36.9 Å². The molecule has 33 heavy (non-hydrogen) atoms. The molecule has 0 aromatic heterocycles. The van der Waals surface area contributed by atoms with Crippen molar-refractivity contribution in [2.24, 2.45) is 0 Å². The van der Waals surface area contributed by atoms with Crippen LogP contribution in [0.3, 0.4) is 0 Å². The van der Waals surface area contributed by atoms with E-state index >= 15 is 0 Å². The second-order valence-electron chi connectivity index (χ2n) is 6.84. The van der Waals surface area contributed by atoms with Crippen LogP contribution in [0, 0.1) is 10.1 Å². The van der Waals surface area contributed by atoms with E-state index in [1.54, 1.807) is 0 Å². The van der Waals surface area contributed by atoms with E-state index in [1.807, 2.05) is 0 Å². The number of anilines is 1. The lowest BCUT2D eigenvalue weighted by Gasteiger charge is -2.16. The van der Waals surface area contributed by atoms with E-state index < -0.39 is 28.7 Å². The second-order valence-corrected chi connectivity index (χ2v) is 8.34. The number of esters is 1. The molecule has 0 spiro atoms. The summed E-state index contributed by atoms with van der Waals surface area (Å²) in [6.07, 6.45) is -4.08. The zero-order chi connectivity index (χ0) is 24.8. The number of rotatable bonds is 10. The van der Waals surface area contributed by atoms with Crippen molar-refractivity contribution in [2.75, 3.05) is 17.7 Å². The third kappa shape index (κ3) is 7.90. The Kier molecular flexibility index (Phi) is 9.56. The van der Waals surface area contributed by atoms with Gasteiger partial charge < -0.3 is 14.8 Å². The van der Waals surface area contributed by atoms with Gasteiger partial charge in [-0.1, -0.05) is 11.6 Å². The summed E-state index contributed by atoms with van der Waals surface area (Å²) >= 11 is 14.2. The molecule has 1 N–H and O–H groups in total. The highest BCUT2D eigenvalue weighted by molar-refractivity contribution is 7.84. The fourth-order valence-corrected chi connectivity index (χ4v) is 3.05. The number of benzene rings is 2. The first-order valence-electron chi connectivity index (χ1n) is 9.47. The topological polar surface area (TPSA) is 90.7 Å². The maximum atomic E-state index is 12.8. The lowest BCUT2D eigenvalue weighted by Crippen LogP contribution is -2.29. The Morgan fingerprint density at radius 3 is 2.55 bits per heavy atom. The third-order valence-electron chi connectivity index (χ3n) is 4.28. The van der Waals surface area contributed by atoms with Gasteiger partial charge >= 0.3 is 12.1 Å². The Morgan fingerprint density at radius 2 is 1.97 bits per heavy atom. The van der Waals surface area contributed by atoms with Crippen LogP contribution in [0.1, 0.15) is 18.9 Å². The minimum atomic E-state index is -4.57. The number of hydrogen-bond acceptors (Lipinski definition) is 8. The van der Waals surface area contributed by atoms with Gasteiger partial charge in [0.2, 0.25) is 0 Å². The highest BCUT2D eigenvalue weighted by Gasteiger charge is 2.31. The van der Waals surface area contributed by atoms with Crippen LogP contribution in [-0.2, 0) is 15.7 Å². The predicted molar refractivity (Wildman–Crippen MR) is 125 cm³/mol. The molecule has 0 aliphatic rings. The van der Waals surface area contributed by atoms with Crippen LogP contribution in [0.15, 0.2) is 36.4 Å². The fraction of sp³-hybridized carbons (Fsp3) is 0.350. The fourth-order valence-electron chi connectivity index (χ4n) is 2.54. The molecule has 0 bridgehead atoms. The van der Waals surface area contributed by atoms with Crippen molar-refractivity contribution in [3.63, 3.8) is 0 Å². The summed E-state index contributed by atoms with van der Waals surface area (Å²) in [5.74, 6) is -0.156. The molecule has 0 saturated heterocycles. The molecule has 0 heterocycles. The number of nitrogens with zero attached hydrogens (tertiary/aromatic N) is 1. The van der Waals surface area contributed by atoms with Gasteiger partial charge in [-0.2, -0.15) is 38.4 Å². The van der Waals surface area contributed by atoms with Crippen molar-refractivity contribution in [3.05, 3.63) is 57.1 Å². The Balaban J connectivity index is 2.17. The van der Waals surface area contributed by atoms with Crippen molar-refractivity contribution in [1.29, 1.82) is 0 Å². The zero-order valence-electron chi connectivity index (χ0n) is 17.1. The number of nitro groups is 1. The summed E-state index contributed by atoms with van der Waals surface area (Å²) in [6, 6.07) is 5.23. The first-order valence-corrected chi connectivity index (χ1v) is 11.0. The largest absolute Gasteiger partial charge is 0.464 e. The standard InChI is InChI=1S/C20H20ClF3N2O5S2/c1-11(19(27)30-7-6-14(33)10-32)25-16-9-13(3-4-17(16)26(28)29)31-18-5-2-12(8-15(18)21)20(22,23)24/h2-5,8-9,11,14,25,32-33H,6-7,10H2,1H3. The summed E-state index contributed by atoms with van der Waals surface area (Å²) in [6.45, 7) is 1.57. The summed E-state index contributed by atoms with van der Waals surface area (Å²) < 4.78 is 49.1. The SMILES string of the molecule is CC(Nc1cc(Oc2ccc(C(F)(F)F)cc2Cl)ccc1[N+](=O)[O-])C(=O)OCCC(S)CS. The number of nitrogens with one attached hydrogen (secondary N) is 1. The number of nitro benzene ring substituents is 1. The van der Waals surface area contributed by atoms with Crippen molar-refractivity contribution >= 4 is 54.2 Å². The average Bonchev–Trinajstić information content (AvgIpc) is 2.74. The Labute approximate surface area is 203 Å². The minimum Gasteiger partial charge on any atom is -0.464 e. The monoisotopic (exact) mass is 524 g/mol. The van der Waals surface area contributed by atoms with E-state index in [2.05, 4.69) is 30.6 Å². The van der Waals surface area contributed by atoms with Gasteiger partial charge in [0.1, 0.15) is 23.2 Å². The number of hydrogen-bond donors (Lipinski definition) is 3. The van der Waals surface area contributed by atoms with Crippen LogP contribution in [-0.4, -0.2) is 34.5 Å². The summed E-state index contributed by atoms with van der Waals surface area (Å²) in [4.78, 5) is 22.9. The van der Waals surface area contributed by atoms with E-state index in [0.717, 1.165) is 18.2 Å². The van der Waals surface area contributed by atoms with E-state index in [0.29, 0.717) is 18.2 Å². The van der Waals surface area contributed by atoms with Gasteiger partial charge in [0.25, 0.3) is 5.69 Å². The molecule has 2 aromatic carbocycles. The van der Waals surface area contributed by atoms with Crippen molar-refractivity contribution < 1.29 is 32.4 Å². The zero-order valence-corrected chi connectivity index (χ0v) is 19.7. The number of carbonyl (C=O) groups excluding carboxylic acids is 1. The molecule has 180 valence electrons. The summed E-state index contributed by atoms with van der Waals surface area (Å²) in [5.41, 5.74) is -1.34. The average molecular weight is 525 g/mol. The number of thiol groups is 2. The number of carbonyl (C=O) groups is 1. The van der Waals surface area contributed by atoms with Gasteiger partial charge in [-0.15, -0.1) is 0 Å². The first kappa shape index (κ1) is 26.9. The lowest BCUT2D eigenvalue weighted by molar-refractivity contribution is -0.384. The summed E-state index contributed by atoms with van der Waals surface area (Å²) in [7, 11) is 0. The molecule has 2 rings (SSSR count). The van der Waals surface area contributed by atoms with Crippen molar-refractivity contribution in [1.82, 2.24) is 0 Å². The van der Waals surface area contributed by atoms with Gasteiger partial charge in [0, 0.05) is 23.1 Å². The highest BCUT2D eigenvalue weighted by atomic mass is 35.5. The van der Waals surface area contributed by atoms with Crippen LogP contribution in [0.25, 0.3) is 0 Å². The number of ether oxygens (including phenoxy) is 2. The van der Waals surface area contributed by atoms with Gasteiger partial charge in [-0.05, 0) is 37.6 Å². The molecule has 2 unspecified atom stereocenters. The second kappa shape index (κ2) is 11.7. The van der Waals surface area contributed by atoms with E-state index in [-0.39, 0.29) is 39.8 Å². The van der Waals surface area contributed by atoms with E-state index in [4.69, 9.17) is 21.1 Å². The molecule has 0 aliphatic heterocycles. The smallest absolute Gasteiger partial charge is 0.416 e. The van der Waals surface area contributed by atoms with Crippen LogP contribution in [0.2, 0.25) is 5.02 Å². The van der Waals surface area contributed by atoms with Crippen molar-refractivity contribution in [3.8, 4) is 11.5 Å². The Hall–Kier alpha value is -2.31. The van der Waals surface area contributed by atoms with Crippen LogP contribution in [0.4, 0.5) is 24.5 Å². The molecular formula is C20H20ClF3N2O5S2. The first-order chi connectivity index (χ1) is 15.4. The maximum absolute atomic E-state index is 12.8. The van der Waals surface area contributed by atoms with Gasteiger partial charge in [0.15, 0.2) is 0 Å². The molecule has 7 nitrogen and oxygen atoms in total. The molecule has 0 amide bonds. The van der Waals surface area contributed by atoms with Crippen LogP contribution in [0.5, 0.6) is 11.5 Å². The third-order valence-corrected chi connectivity index (χ3v) is 5.75. The molecule has 2 atom stereocenters. The van der Waals surface area contributed by atoms with Crippen LogP contribution < -0.4 is 10.1 Å². The van der Waals surface area contributed by atoms with Gasteiger partial charge in [-0.25, -0.2) is 4.79 Å². The molecule has 2 aromatic rings. The highest BCUT2D eigenvalue weighted by Crippen LogP contribution is 2.38. The molecule has 13 heteroatoms. The molecule has 0 fully saturated rings. The van der Waals surface area contributed by atoms with Gasteiger partial charge in [0.05, 0.1) is 22.1 Å². The Bertz CT molecular complexity index is 1010. The normalized spacial score (nSPS) is 13.2. The lowest BCUT2D eigenvalue weighted by atomic mass is 10.2. The van der Waals surface area contributed by atoms with E-state index in [9.17, 15) is 28.1 Å². The number of halogens is 4. The number of alkyl halides is 3. The van der Waals surface area contributed by atoms with E-state index in [1.165, 1.54) is 19.1 Å².